The third-order valence-electron chi connectivity index (χ3n) is 8.35. The lowest BCUT2D eigenvalue weighted by molar-refractivity contribution is 0.0153. The van der Waals surface area contributed by atoms with Crippen LogP contribution < -0.4 is 20.7 Å². The molecule has 0 unspecified atom stereocenters. The second kappa shape index (κ2) is 14.3. The summed E-state index contributed by atoms with van der Waals surface area (Å²) in [6, 6.07) is 4.85. The normalized spacial score (nSPS) is 19.4. The molecule has 0 radical (unpaired) electrons. The van der Waals surface area contributed by atoms with Gasteiger partial charge in [0, 0.05) is 44.6 Å². The number of halogens is 8. The maximum atomic E-state index is 13.5. The van der Waals surface area contributed by atoms with Crippen LogP contribution in [-0.4, -0.2) is 70.9 Å². The Morgan fingerprint density at radius 1 is 1.11 bits per heavy atom. The zero-order chi connectivity index (χ0) is 34.0. The summed E-state index contributed by atoms with van der Waals surface area (Å²) in [7, 11) is 1.62. The van der Waals surface area contributed by atoms with Crippen LogP contribution in [0.25, 0.3) is 11.0 Å². The fourth-order valence-electron chi connectivity index (χ4n) is 5.71. The van der Waals surface area contributed by atoms with Gasteiger partial charge in [-0.25, -0.2) is 36.1 Å². The van der Waals surface area contributed by atoms with Crippen molar-refractivity contribution in [1.29, 1.82) is 0 Å². The molecule has 1 aromatic heterocycles. The highest BCUT2D eigenvalue weighted by atomic mass is 35.5. The van der Waals surface area contributed by atoms with Crippen molar-refractivity contribution in [1.82, 2.24) is 25.1 Å². The van der Waals surface area contributed by atoms with Crippen LogP contribution in [0.15, 0.2) is 24.3 Å². The number of benzene rings is 2. The number of alkyl halides is 6. The molecule has 2 aliphatic rings. The van der Waals surface area contributed by atoms with E-state index < -0.39 is 56.2 Å². The first-order valence-corrected chi connectivity index (χ1v) is 15.6. The summed E-state index contributed by atoms with van der Waals surface area (Å²) >= 11 is 13.1. The Morgan fingerprint density at radius 3 is 2.47 bits per heavy atom. The summed E-state index contributed by atoms with van der Waals surface area (Å²) in [5.74, 6) is -4.19. The van der Waals surface area contributed by atoms with Crippen molar-refractivity contribution in [3.05, 3.63) is 45.4 Å². The van der Waals surface area contributed by atoms with Crippen LogP contribution in [-0.2, 0) is 13.6 Å². The molecule has 1 saturated carbocycles. The average molecular weight is 710 g/mol. The predicted molar refractivity (Wildman–Crippen MR) is 165 cm³/mol. The summed E-state index contributed by atoms with van der Waals surface area (Å²) in [5, 5.41) is 8.74. The standard InChI is InChI=1S/C30H32Cl2F6N6O3/c1-43-21-11-22(47-13-23(33)34)18(27(45)40-17-5-2-15(3-6-17)26(35)36)10-20(21)41-28(43)42-25-19(31)7-4-16(24(25)32)12-39-29(46)44-9-8-30(37,38)14-44/h4,7,10-11,15,17,23,26H,2-3,5-6,8-9,12-14H2,1H3,(H,39,46)(H,40,45)(H,41,42). The van der Waals surface area contributed by atoms with Crippen molar-refractivity contribution in [2.45, 2.75) is 63.5 Å². The third kappa shape index (κ3) is 8.11. The molecule has 1 saturated heterocycles. The van der Waals surface area contributed by atoms with Crippen LogP contribution in [0.4, 0.5) is 42.8 Å². The van der Waals surface area contributed by atoms with Crippen LogP contribution in [0, 0.1) is 5.92 Å². The molecule has 2 fully saturated rings. The number of carbonyl (C=O) groups excluding carboxylic acids is 2. The fourth-order valence-corrected chi connectivity index (χ4v) is 6.24. The molecule has 2 heterocycles. The predicted octanol–water partition coefficient (Wildman–Crippen LogP) is 7.37. The minimum atomic E-state index is -2.93. The van der Waals surface area contributed by atoms with Gasteiger partial charge in [0.05, 0.1) is 38.9 Å². The Morgan fingerprint density at radius 2 is 1.83 bits per heavy atom. The van der Waals surface area contributed by atoms with E-state index in [9.17, 15) is 35.9 Å². The molecule has 0 spiro atoms. The van der Waals surface area contributed by atoms with E-state index in [2.05, 4.69) is 20.9 Å². The van der Waals surface area contributed by atoms with Crippen molar-refractivity contribution in [3.8, 4) is 5.75 Å². The number of rotatable bonds is 10. The van der Waals surface area contributed by atoms with E-state index in [1.54, 1.807) is 17.7 Å². The third-order valence-corrected chi connectivity index (χ3v) is 9.10. The van der Waals surface area contributed by atoms with Crippen LogP contribution >= 0.6 is 23.2 Å². The van der Waals surface area contributed by atoms with E-state index in [1.807, 2.05) is 0 Å². The van der Waals surface area contributed by atoms with E-state index >= 15 is 0 Å². The Kier molecular flexibility index (Phi) is 10.5. The second-order valence-electron chi connectivity index (χ2n) is 11.7. The highest BCUT2D eigenvalue weighted by Crippen LogP contribution is 2.37. The number of carbonyl (C=O) groups is 2. The van der Waals surface area contributed by atoms with Crippen molar-refractivity contribution < 1.29 is 40.7 Å². The first kappa shape index (κ1) is 34.7. The Balaban J connectivity index is 1.36. The zero-order valence-electron chi connectivity index (χ0n) is 25.1. The minimum absolute atomic E-state index is 0.0525. The Bertz CT molecular complexity index is 1630. The van der Waals surface area contributed by atoms with Crippen LogP contribution in [0.1, 0.15) is 48.0 Å². The van der Waals surface area contributed by atoms with Gasteiger partial charge in [-0.05, 0) is 43.4 Å². The summed E-state index contributed by atoms with van der Waals surface area (Å²) in [4.78, 5) is 31.3. The number of nitrogens with zero attached hydrogens (tertiary/aromatic N) is 3. The van der Waals surface area contributed by atoms with Gasteiger partial charge in [-0.1, -0.05) is 29.3 Å². The van der Waals surface area contributed by atoms with Gasteiger partial charge < -0.3 is 30.2 Å². The highest BCUT2D eigenvalue weighted by molar-refractivity contribution is 6.39. The molecule has 256 valence electrons. The average Bonchev–Trinajstić information content (AvgIpc) is 3.54. The van der Waals surface area contributed by atoms with E-state index in [0.717, 1.165) is 4.90 Å². The molecule has 3 N–H and O–H groups in total. The van der Waals surface area contributed by atoms with Crippen molar-refractivity contribution in [2.75, 3.05) is 25.0 Å². The largest absolute Gasteiger partial charge is 0.487 e. The number of hydrogen-bond donors (Lipinski definition) is 3. The van der Waals surface area contributed by atoms with Gasteiger partial charge in [-0.2, -0.15) is 0 Å². The number of nitrogens with one attached hydrogen (secondary N) is 3. The van der Waals surface area contributed by atoms with Gasteiger partial charge in [0.2, 0.25) is 12.4 Å². The topological polar surface area (TPSA) is 101 Å². The smallest absolute Gasteiger partial charge is 0.317 e. The monoisotopic (exact) mass is 708 g/mol. The van der Waals surface area contributed by atoms with E-state index in [-0.39, 0.29) is 65.0 Å². The number of anilines is 2. The first-order valence-electron chi connectivity index (χ1n) is 14.9. The van der Waals surface area contributed by atoms with Crippen LogP contribution in [0.5, 0.6) is 5.75 Å². The number of urea groups is 1. The lowest BCUT2D eigenvalue weighted by Gasteiger charge is -2.28. The van der Waals surface area contributed by atoms with Gasteiger partial charge in [0.25, 0.3) is 18.3 Å². The first-order chi connectivity index (χ1) is 22.2. The molecule has 3 aromatic rings. The van der Waals surface area contributed by atoms with E-state index in [4.69, 9.17) is 27.9 Å². The van der Waals surface area contributed by atoms with Crippen molar-refractivity contribution in [2.24, 2.45) is 13.0 Å². The van der Waals surface area contributed by atoms with E-state index in [1.165, 1.54) is 18.2 Å². The summed E-state index contributed by atoms with van der Waals surface area (Å²) < 4.78 is 86.2. The number of aromatic nitrogens is 2. The number of amides is 3. The molecular formula is C30H32Cl2F6N6O3. The lowest BCUT2D eigenvalue weighted by atomic mass is 9.86. The van der Waals surface area contributed by atoms with Gasteiger partial charge in [-0.15, -0.1) is 0 Å². The van der Waals surface area contributed by atoms with Gasteiger partial charge >= 0.3 is 6.03 Å². The molecule has 1 aliphatic carbocycles. The Hall–Kier alpha value is -3.59. The molecule has 0 bridgehead atoms. The fraction of sp³-hybridized carbons (Fsp3) is 0.500. The molecule has 1 aliphatic heterocycles. The van der Waals surface area contributed by atoms with E-state index in [0.29, 0.717) is 29.4 Å². The highest BCUT2D eigenvalue weighted by Gasteiger charge is 2.40. The maximum Gasteiger partial charge on any atom is 0.317 e. The number of hydrogen-bond acceptors (Lipinski definition) is 5. The maximum absolute atomic E-state index is 13.5. The van der Waals surface area contributed by atoms with Crippen molar-refractivity contribution in [3.63, 3.8) is 0 Å². The minimum Gasteiger partial charge on any atom is -0.487 e. The van der Waals surface area contributed by atoms with Gasteiger partial charge in [0.1, 0.15) is 12.4 Å². The SMILES string of the molecule is Cn1c(Nc2c(Cl)ccc(CNC(=O)N3CCC(F)(F)C3)c2Cl)nc2cc(C(=O)NC3CCC(C(F)F)CC3)c(OCC(F)F)cc21. The van der Waals surface area contributed by atoms with Crippen molar-refractivity contribution >= 4 is 57.8 Å². The molecule has 0 atom stereocenters. The second-order valence-corrected chi connectivity index (χ2v) is 12.4. The number of fused-ring (bicyclic) bond motifs is 1. The quantitative estimate of drug-likeness (QED) is 0.191. The number of aryl methyl sites for hydroxylation is 1. The zero-order valence-corrected chi connectivity index (χ0v) is 26.6. The Labute approximate surface area is 275 Å². The summed E-state index contributed by atoms with van der Waals surface area (Å²) in [6.45, 7) is -1.80. The lowest BCUT2D eigenvalue weighted by Crippen LogP contribution is -2.39. The molecule has 3 amide bonds. The van der Waals surface area contributed by atoms with Crippen LogP contribution in [0.3, 0.4) is 0 Å². The van der Waals surface area contributed by atoms with Gasteiger partial charge in [0.15, 0.2) is 0 Å². The molecule has 9 nitrogen and oxygen atoms in total. The number of imidazole rings is 1. The molecule has 17 heteroatoms. The van der Waals surface area contributed by atoms with Gasteiger partial charge in [-0.3, -0.25) is 4.79 Å². The molecule has 5 rings (SSSR count). The summed E-state index contributed by atoms with van der Waals surface area (Å²) in [5.41, 5.74) is 1.30. The molecular weight excluding hydrogens is 677 g/mol. The summed E-state index contributed by atoms with van der Waals surface area (Å²) in [6.07, 6.45) is -4.44. The molecule has 2 aromatic carbocycles. The number of ether oxygens (including phenoxy) is 1. The molecule has 47 heavy (non-hydrogen) atoms. The van der Waals surface area contributed by atoms with Crippen LogP contribution in [0.2, 0.25) is 10.0 Å². The number of likely N-dealkylation sites (tertiary alicyclic amines) is 1.